The van der Waals surface area contributed by atoms with Crippen molar-refractivity contribution in [2.75, 3.05) is 5.43 Å². The summed E-state index contributed by atoms with van der Waals surface area (Å²) in [6, 6.07) is 13.9. The van der Waals surface area contributed by atoms with Crippen LogP contribution in [-0.4, -0.2) is 16.2 Å². The highest BCUT2D eigenvalue weighted by Gasteiger charge is 2.04. The summed E-state index contributed by atoms with van der Waals surface area (Å²) in [5, 5.41) is 5.36. The molecule has 0 aliphatic carbocycles. The van der Waals surface area contributed by atoms with Gasteiger partial charge in [-0.05, 0) is 43.2 Å². The third kappa shape index (κ3) is 2.89. The van der Waals surface area contributed by atoms with Crippen LogP contribution in [0.1, 0.15) is 16.8 Å². The first-order valence-electron chi connectivity index (χ1n) is 6.81. The van der Waals surface area contributed by atoms with Crippen LogP contribution in [0.25, 0.3) is 10.9 Å². The van der Waals surface area contributed by atoms with Gasteiger partial charge in [-0.15, -0.1) is 0 Å². The molecule has 0 fully saturated rings. The molecule has 0 amide bonds. The van der Waals surface area contributed by atoms with Gasteiger partial charge in [0.15, 0.2) is 0 Å². The molecule has 2 heterocycles. The molecule has 21 heavy (non-hydrogen) atoms. The van der Waals surface area contributed by atoms with Gasteiger partial charge in [0.05, 0.1) is 17.4 Å². The quantitative estimate of drug-likeness (QED) is 0.586. The minimum Gasteiger partial charge on any atom is -0.261 e. The van der Waals surface area contributed by atoms with E-state index in [1.54, 1.807) is 12.4 Å². The molecule has 0 radical (unpaired) electrons. The Morgan fingerprint density at radius 3 is 2.76 bits per heavy atom. The highest BCUT2D eigenvalue weighted by Crippen LogP contribution is 2.22. The molecule has 1 aromatic carbocycles. The number of rotatable bonds is 3. The summed E-state index contributed by atoms with van der Waals surface area (Å²) < 4.78 is 0. The lowest BCUT2D eigenvalue weighted by molar-refractivity contribution is 1.23. The molecule has 4 nitrogen and oxygen atoms in total. The van der Waals surface area contributed by atoms with Crippen LogP contribution in [-0.2, 0) is 0 Å². The average Bonchev–Trinajstić information content (AvgIpc) is 2.50. The number of nitrogens with one attached hydrogen (secondary N) is 1. The molecule has 1 N–H and O–H groups in total. The normalized spacial score (nSPS) is 11.1. The van der Waals surface area contributed by atoms with E-state index in [1.807, 2.05) is 24.3 Å². The van der Waals surface area contributed by atoms with Gasteiger partial charge in [-0.2, -0.15) is 5.10 Å². The van der Waals surface area contributed by atoms with Crippen molar-refractivity contribution in [3.63, 3.8) is 0 Å². The van der Waals surface area contributed by atoms with Crippen LogP contribution in [0, 0.1) is 13.8 Å². The smallest absolute Gasteiger partial charge is 0.147 e. The van der Waals surface area contributed by atoms with Gasteiger partial charge < -0.3 is 0 Å². The summed E-state index contributed by atoms with van der Waals surface area (Å²) in [7, 11) is 0. The van der Waals surface area contributed by atoms with Crippen LogP contribution in [0.4, 0.5) is 5.82 Å². The SMILES string of the molecule is Cc1cc(NN=Cc2ccccn2)nc2c(C)cccc12. The molecule has 2 aromatic heterocycles. The zero-order valence-electron chi connectivity index (χ0n) is 12.0. The number of benzene rings is 1. The Hall–Kier alpha value is -2.75. The second-order valence-electron chi connectivity index (χ2n) is 4.92. The van der Waals surface area contributed by atoms with E-state index in [9.17, 15) is 0 Å². The van der Waals surface area contributed by atoms with Gasteiger partial charge in [-0.3, -0.25) is 10.4 Å². The number of anilines is 1. The van der Waals surface area contributed by atoms with Crippen molar-refractivity contribution in [1.82, 2.24) is 9.97 Å². The number of hydrazone groups is 1. The second kappa shape index (κ2) is 5.71. The minimum absolute atomic E-state index is 0.737. The van der Waals surface area contributed by atoms with E-state index in [2.05, 4.69) is 52.5 Å². The first-order chi connectivity index (χ1) is 10.2. The van der Waals surface area contributed by atoms with Gasteiger partial charge in [0, 0.05) is 11.6 Å². The van der Waals surface area contributed by atoms with E-state index < -0.39 is 0 Å². The Labute approximate surface area is 123 Å². The molecule has 0 unspecified atom stereocenters. The summed E-state index contributed by atoms with van der Waals surface area (Å²) >= 11 is 0. The molecule has 0 aliphatic heterocycles. The third-order valence-corrected chi connectivity index (χ3v) is 3.31. The molecule has 0 atom stereocenters. The van der Waals surface area contributed by atoms with Crippen molar-refractivity contribution in [3.8, 4) is 0 Å². The number of hydrogen-bond donors (Lipinski definition) is 1. The lowest BCUT2D eigenvalue weighted by Crippen LogP contribution is -1.97. The number of aryl methyl sites for hydroxylation is 2. The van der Waals surface area contributed by atoms with Crippen LogP contribution >= 0.6 is 0 Å². The van der Waals surface area contributed by atoms with Gasteiger partial charge >= 0.3 is 0 Å². The van der Waals surface area contributed by atoms with Crippen molar-refractivity contribution in [1.29, 1.82) is 0 Å². The van der Waals surface area contributed by atoms with Crippen LogP contribution in [0.3, 0.4) is 0 Å². The molecule has 0 saturated carbocycles. The number of pyridine rings is 2. The molecule has 104 valence electrons. The van der Waals surface area contributed by atoms with Gasteiger partial charge in [0.25, 0.3) is 0 Å². The number of para-hydroxylation sites is 1. The molecule has 3 rings (SSSR count). The number of fused-ring (bicyclic) bond motifs is 1. The largest absolute Gasteiger partial charge is 0.261 e. The molecule has 3 aromatic rings. The number of aromatic nitrogens is 2. The summed E-state index contributed by atoms with van der Waals surface area (Å²) in [5.41, 5.74) is 7.12. The van der Waals surface area contributed by atoms with E-state index in [0.29, 0.717) is 0 Å². The first-order valence-corrected chi connectivity index (χ1v) is 6.81. The number of hydrogen-bond acceptors (Lipinski definition) is 4. The van der Waals surface area contributed by atoms with Crippen molar-refractivity contribution < 1.29 is 0 Å². The fraction of sp³-hybridized carbons (Fsp3) is 0.118. The van der Waals surface area contributed by atoms with Gasteiger partial charge in [0.1, 0.15) is 5.82 Å². The fourth-order valence-corrected chi connectivity index (χ4v) is 2.24. The van der Waals surface area contributed by atoms with Crippen molar-refractivity contribution in [2.45, 2.75) is 13.8 Å². The Balaban J connectivity index is 1.88. The van der Waals surface area contributed by atoms with E-state index in [-0.39, 0.29) is 0 Å². The van der Waals surface area contributed by atoms with Crippen LogP contribution in [0.2, 0.25) is 0 Å². The van der Waals surface area contributed by atoms with Gasteiger partial charge in [-0.1, -0.05) is 24.3 Å². The van der Waals surface area contributed by atoms with Crippen LogP contribution in [0.15, 0.2) is 53.8 Å². The highest BCUT2D eigenvalue weighted by atomic mass is 15.3. The maximum Gasteiger partial charge on any atom is 0.147 e. The van der Waals surface area contributed by atoms with Crippen LogP contribution < -0.4 is 5.43 Å². The lowest BCUT2D eigenvalue weighted by Gasteiger charge is -2.07. The molecular formula is C17H16N4. The summed E-state index contributed by atoms with van der Waals surface area (Å²) in [4.78, 5) is 8.80. The van der Waals surface area contributed by atoms with E-state index in [4.69, 9.17) is 0 Å². The van der Waals surface area contributed by atoms with Gasteiger partial charge in [-0.25, -0.2) is 4.98 Å². The molecule has 4 heteroatoms. The Morgan fingerprint density at radius 2 is 1.95 bits per heavy atom. The van der Waals surface area contributed by atoms with E-state index in [1.165, 1.54) is 10.9 Å². The Bertz CT molecular complexity index is 794. The maximum absolute atomic E-state index is 4.62. The highest BCUT2D eigenvalue weighted by molar-refractivity contribution is 5.86. The van der Waals surface area contributed by atoms with Gasteiger partial charge in [0.2, 0.25) is 0 Å². The Morgan fingerprint density at radius 1 is 1.05 bits per heavy atom. The monoisotopic (exact) mass is 276 g/mol. The molecule has 0 aliphatic rings. The van der Waals surface area contributed by atoms with Crippen molar-refractivity contribution in [3.05, 3.63) is 65.5 Å². The lowest BCUT2D eigenvalue weighted by atomic mass is 10.1. The van der Waals surface area contributed by atoms with Crippen molar-refractivity contribution in [2.24, 2.45) is 5.10 Å². The summed E-state index contributed by atoms with van der Waals surface area (Å²) in [6.45, 7) is 4.15. The predicted octanol–water partition coefficient (Wildman–Crippen LogP) is 3.69. The summed E-state index contributed by atoms with van der Waals surface area (Å²) in [6.07, 6.45) is 3.42. The number of nitrogens with zero attached hydrogens (tertiary/aromatic N) is 3. The minimum atomic E-state index is 0.737. The average molecular weight is 276 g/mol. The second-order valence-corrected chi connectivity index (χ2v) is 4.92. The molecule has 0 bridgehead atoms. The van der Waals surface area contributed by atoms with Crippen LogP contribution in [0.5, 0.6) is 0 Å². The zero-order chi connectivity index (χ0) is 14.7. The third-order valence-electron chi connectivity index (χ3n) is 3.31. The van der Waals surface area contributed by atoms with E-state index >= 15 is 0 Å². The predicted molar refractivity (Wildman–Crippen MR) is 86.7 cm³/mol. The zero-order valence-corrected chi connectivity index (χ0v) is 12.0. The molecule has 0 saturated heterocycles. The van der Waals surface area contributed by atoms with E-state index in [0.717, 1.165) is 22.6 Å². The topological polar surface area (TPSA) is 50.2 Å². The molecular weight excluding hydrogens is 260 g/mol. The summed E-state index contributed by atoms with van der Waals surface area (Å²) in [5.74, 6) is 0.737. The Kier molecular flexibility index (Phi) is 3.60. The first kappa shape index (κ1) is 13.2. The van der Waals surface area contributed by atoms with Crippen molar-refractivity contribution >= 4 is 22.9 Å². The molecule has 0 spiro atoms. The standard InChI is InChI=1S/C17H16N4/c1-12-6-5-8-15-13(2)10-16(20-17(12)15)21-19-11-14-7-3-4-9-18-14/h3-11H,1-2H3,(H,20,21). The fourth-order valence-electron chi connectivity index (χ4n) is 2.24. The maximum atomic E-state index is 4.62.